The normalized spacial score (nSPS) is 24.4. The summed E-state index contributed by atoms with van der Waals surface area (Å²) in [5.41, 5.74) is 4.36. The molecule has 6 atom stereocenters. The van der Waals surface area contributed by atoms with E-state index in [4.69, 9.17) is 40.6 Å². The van der Waals surface area contributed by atoms with Gasteiger partial charge in [-0.25, -0.2) is 14.5 Å². The second kappa shape index (κ2) is 12.7. The molecule has 1 aliphatic rings. The van der Waals surface area contributed by atoms with Crippen molar-refractivity contribution in [1.29, 1.82) is 0 Å². The van der Waals surface area contributed by atoms with Crippen LogP contribution in [0.1, 0.15) is 27.0 Å². The fourth-order valence-corrected chi connectivity index (χ4v) is 5.88. The number of fused-ring (bicyclic) bond motifs is 1. The van der Waals surface area contributed by atoms with Crippen LogP contribution < -0.4 is 15.3 Å². The molecule has 14 nitrogen and oxygen atoms in total. The van der Waals surface area contributed by atoms with Crippen LogP contribution >= 0.6 is 19.3 Å². The van der Waals surface area contributed by atoms with Crippen molar-refractivity contribution in [3.63, 3.8) is 0 Å². The Morgan fingerprint density at radius 1 is 1.32 bits per heavy atom. The molecular weight excluding hydrogens is 579 g/mol. The minimum atomic E-state index is -4.25. The van der Waals surface area contributed by atoms with E-state index in [1.807, 2.05) is 0 Å². The number of nitrogens with one attached hydrogen (secondary N) is 1. The Morgan fingerprint density at radius 2 is 2.05 bits per heavy atom. The van der Waals surface area contributed by atoms with Crippen molar-refractivity contribution in [3.05, 3.63) is 42.9 Å². The molecule has 0 amide bonds. The van der Waals surface area contributed by atoms with Gasteiger partial charge in [-0.05, 0) is 50.4 Å². The van der Waals surface area contributed by atoms with Crippen molar-refractivity contribution in [2.45, 2.75) is 57.0 Å². The Morgan fingerprint density at radius 3 is 2.71 bits per heavy atom. The van der Waals surface area contributed by atoms with Crippen molar-refractivity contribution >= 4 is 42.4 Å². The molecule has 1 aliphatic heterocycles. The van der Waals surface area contributed by atoms with Crippen LogP contribution in [0.3, 0.4) is 0 Å². The number of hydrogen-bond donors (Lipinski definition) is 3. The number of methoxy groups -OCH3 is 1. The van der Waals surface area contributed by atoms with E-state index in [0.29, 0.717) is 5.52 Å². The summed E-state index contributed by atoms with van der Waals surface area (Å²) < 4.78 is 43.7. The molecule has 220 valence electrons. The quantitative estimate of drug-likeness (QED) is 0.164. The van der Waals surface area contributed by atoms with E-state index in [-0.39, 0.29) is 17.3 Å². The minimum absolute atomic E-state index is 0.0254. The molecule has 41 heavy (non-hydrogen) atoms. The van der Waals surface area contributed by atoms with Gasteiger partial charge in [-0.1, -0.05) is 18.2 Å². The summed E-state index contributed by atoms with van der Waals surface area (Å²) in [7, 11) is -2.92. The molecule has 16 heteroatoms. The average molecular weight is 609 g/mol. The number of aromatic nitrogens is 4. The predicted octanol–water partition coefficient (Wildman–Crippen LogP) is 2.39. The van der Waals surface area contributed by atoms with Crippen LogP contribution in [-0.2, 0) is 28.1 Å². The number of para-hydroxylation sites is 1. The Balaban J connectivity index is 1.62. The summed E-state index contributed by atoms with van der Waals surface area (Å²) in [6, 6.07) is 7.19. The van der Waals surface area contributed by atoms with Crippen LogP contribution in [0, 0.1) is 11.3 Å². The number of nitrogens with zero attached hydrogens (tertiary/aromatic N) is 4. The van der Waals surface area contributed by atoms with E-state index in [0.717, 1.165) is 0 Å². The molecule has 3 aromatic rings. The second-order valence-electron chi connectivity index (χ2n) is 9.35. The van der Waals surface area contributed by atoms with Crippen LogP contribution in [0.25, 0.3) is 11.2 Å². The maximum atomic E-state index is 13.9. The van der Waals surface area contributed by atoms with Gasteiger partial charge in [0, 0.05) is 12.5 Å². The maximum absolute atomic E-state index is 13.9. The lowest BCUT2D eigenvalue weighted by molar-refractivity contribution is -0.149. The van der Waals surface area contributed by atoms with Crippen LogP contribution in [0.15, 0.2) is 42.9 Å². The zero-order chi connectivity index (χ0) is 29.8. The van der Waals surface area contributed by atoms with Crippen LogP contribution in [-0.4, -0.2) is 74.3 Å². The molecular formula is C25H30ClN6O8P. The van der Waals surface area contributed by atoms with Gasteiger partial charge in [-0.2, -0.15) is 10.1 Å². The first kappa shape index (κ1) is 30.7. The zero-order valence-corrected chi connectivity index (χ0v) is 24.3. The van der Waals surface area contributed by atoms with E-state index in [1.54, 1.807) is 44.2 Å². The number of anilines is 1. The summed E-state index contributed by atoms with van der Waals surface area (Å²) in [5.74, 6) is 2.07. The highest BCUT2D eigenvalue weighted by atomic mass is 35.5. The predicted molar refractivity (Wildman–Crippen MR) is 147 cm³/mol. The van der Waals surface area contributed by atoms with Crippen LogP contribution in [0.4, 0.5) is 5.95 Å². The molecule has 4 rings (SSSR count). The highest BCUT2D eigenvalue weighted by molar-refractivity contribution is 7.52. The first-order valence-electron chi connectivity index (χ1n) is 12.5. The van der Waals surface area contributed by atoms with Gasteiger partial charge in [-0.15, -0.1) is 0 Å². The van der Waals surface area contributed by atoms with Crippen LogP contribution in [0.5, 0.6) is 5.75 Å². The van der Waals surface area contributed by atoms with Crippen molar-refractivity contribution in [2.75, 3.05) is 19.5 Å². The van der Waals surface area contributed by atoms with Crippen LogP contribution in [0.2, 0.25) is 0 Å². The Kier molecular flexibility index (Phi) is 9.51. The lowest BCUT2D eigenvalue weighted by atomic mass is 9.95. The largest absolute Gasteiger partial charge is 0.462 e. The van der Waals surface area contributed by atoms with Gasteiger partial charge in [-0.3, -0.25) is 13.9 Å². The van der Waals surface area contributed by atoms with E-state index in [9.17, 15) is 14.5 Å². The van der Waals surface area contributed by atoms with Gasteiger partial charge in [0.25, 0.3) is 0 Å². The highest BCUT2D eigenvalue weighted by Crippen LogP contribution is 2.47. The zero-order valence-electron chi connectivity index (χ0n) is 22.6. The number of esters is 1. The summed E-state index contributed by atoms with van der Waals surface area (Å²) in [4.78, 5) is 24.8. The Hall–Kier alpha value is -3.28. The Labute approximate surface area is 241 Å². The van der Waals surface area contributed by atoms with Gasteiger partial charge in [0.1, 0.15) is 29.5 Å². The van der Waals surface area contributed by atoms with E-state index in [1.165, 1.54) is 31.1 Å². The smallest absolute Gasteiger partial charge is 0.459 e. The number of rotatable bonds is 11. The number of nitrogen functional groups attached to an aromatic ring is 1. The number of nitrogens with two attached hydrogens (primary N) is 1. The fraction of sp³-hybridized carbons (Fsp3) is 0.440. The second-order valence-corrected chi connectivity index (χ2v) is 11.2. The lowest BCUT2D eigenvalue weighted by Crippen LogP contribution is -2.47. The Bertz CT molecular complexity index is 1480. The third-order valence-corrected chi connectivity index (χ3v) is 7.71. The minimum Gasteiger partial charge on any atom is -0.462 e. The standard InChI is InChI=1S/C25H30ClN6O8P/c1-15(2)38-22(33)16(3)31-41(35,40-17-8-6-5-7-9-17)37-13-19-20(36-4)25(34,10-11-26)23(39-19)32-14-29-18-12-28-24(27)30-21(18)32/h5-9,12,14-16,19-20,23,34H,13H2,1-4H3,(H,31,35)(H2,27,28,30)/t16-,19+,20-,23+,25?,41?/m0/s1. The molecule has 0 saturated carbocycles. The highest BCUT2D eigenvalue weighted by Gasteiger charge is 2.58. The summed E-state index contributed by atoms with van der Waals surface area (Å²) >= 11 is 5.72. The molecule has 2 unspecified atom stereocenters. The fourth-order valence-electron chi connectivity index (χ4n) is 4.23. The number of imidazole rings is 1. The van der Waals surface area contributed by atoms with E-state index >= 15 is 0 Å². The lowest BCUT2D eigenvalue weighted by Gasteiger charge is -2.28. The maximum Gasteiger partial charge on any atom is 0.459 e. The first-order valence-corrected chi connectivity index (χ1v) is 14.4. The summed E-state index contributed by atoms with van der Waals surface area (Å²) in [6.45, 7) is 4.40. The number of halogens is 1. The number of ether oxygens (including phenoxy) is 3. The summed E-state index contributed by atoms with van der Waals surface area (Å²) in [5, 5.41) is 16.5. The SMILES string of the molecule is CO[C@H]1[C@@H](COP(=O)(N[C@@H](C)C(=O)OC(C)C)Oc2ccccc2)O[C@@H](n2cnc3cnc(N)nc32)C1(O)C#CCl. The molecule has 3 heterocycles. The van der Waals surface area contributed by atoms with Crippen molar-refractivity contribution in [1.82, 2.24) is 24.6 Å². The van der Waals surface area contributed by atoms with Crippen molar-refractivity contribution in [2.24, 2.45) is 0 Å². The molecule has 0 bridgehead atoms. The van der Waals surface area contributed by atoms with Crippen molar-refractivity contribution in [3.8, 4) is 17.0 Å². The van der Waals surface area contributed by atoms with Crippen molar-refractivity contribution < 1.29 is 37.7 Å². The third-order valence-electron chi connectivity index (χ3n) is 5.97. The molecule has 0 aliphatic carbocycles. The van der Waals surface area contributed by atoms with E-state index in [2.05, 4.69) is 31.3 Å². The monoisotopic (exact) mass is 608 g/mol. The molecule has 0 spiro atoms. The average Bonchev–Trinajstić information content (AvgIpc) is 3.44. The van der Waals surface area contributed by atoms with Gasteiger partial charge < -0.3 is 29.6 Å². The molecule has 4 N–H and O–H groups in total. The third kappa shape index (κ3) is 6.79. The number of carbonyl (C=O) groups is 1. The van der Waals surface area contributed by atoms with Gasteiger partial charge >= 0.3 is 13.7 Å². The van der Waals surface area contributed by atoms with Gasteiger partial charge in [0.15, 0.2) is 11.9 Å². The van der Waals surface area contributed by atoms with Gasteiger partial charge in [0.2, 0.25) is 11.5 Å². The van der Waals surface area contributed by atoms with E-state index < -0.39 is 56.5 Å². The topological polar surface area (TPSA) is 182 Å². The molecule has 1 saturated heterocycles. The van der Waals surface area contributed by atoms with Gasteiger partial charge in [0.05, 0.1) is 25.2 Å². The molecule has 1 fully saturated rings. The number of aliphatic hydroxyl groups is 1. The molecule has 1 aromatic carbocycles. The summed E-state index contributed by atoms with van der Waals surface area (Å²) in [6.07, 6.45) is -1.10. The first-order chi connectivity index (χ1) is 19.5. The number of carbonyl (C=O) groups excluding carboxylic acids is 1. The molecule has 2 aromatic heterocycles. The molecule has 0 radical (unpaired) electrons. The number of benzene rings is 1. The number of hydrogen-bond acceptors (Lipinski definition) is 12.